The molecule has 0 saturated carbocycles. The van der Waals surface area contributed by atoms with E-state index in [0.29, 0.717) is 25.9 Å². The van der Waals surface area contributed by atoms with E-state index in [4.69, 9.17) is 16.0 Å². The summed E-state index contributed by atoms with van der Waals surface area (Å²) in [7, 11) is 6.65. The molecule has 1 aliphatic heterocycles. The molecule has 0 radical (unpaired) electrons. The molecule has 1 rings (SSSR count). The highest BCUT2D eigenvalue weighted by Crippen LogP contribution is 2.31. The number of carbonyl (C=O) groups excluding carboxylic acids is 4. The maximum Gasteiger partial charge on any atom is 0.303 e. The second-order valence-electron chi connectivity index (χ2n) is 14.2. The van der Waals surface area contributed by atoms with Gasteiger partial charge in [0.2, 0.25) is 11.8 Å². The van der Waals surface area contributed by atoms with Crippen molar-refractivity contribution in [1.82, 2.24) is 14.7 Å². The average Bonchev–Trinajstić information content (AvgIpc) is 3.51. The van der Waals surface area contributed by atoms with Crippen molar-refractivity contribution in [1.29, 1.82) is 0 Å². The summed E-state index contributed by atoms with van der Waals surface area (Å²) in [6.45, 7) is 14.3. The minimum Gasteiger partial charge on any atom is -0.481 e. The van der Waals surface area contributed by atoms with Gasteiger partial charge in [-0.25, -0.2) is 0 Å². The van der Waals surface area contributed by atoms with Crippen molar-refractivity contribution >= 4 is 29.4 Å². The Labute approximate surface area is 285 Å². The van der Waals surface area contributed by atoms with E-state index in [-0.39, 0.29) is 73.3 Å². The van der Waals surface area contributed by atoms with Crippen LogP contribution >= 0.6 is 0 Å². The van der Waals surface area contributed by atoms with E-state index in [1.54, 1.807) is 30.9 Å². The first-order valence-corrected chi connectivity index (χ1v) is 17.4. The molecule has 1 fully saturated rings. The summed E-state index contributed by atoms with van der Waals surface area (Å²) in [6, 6.07) is -1.17. The number of carbonyl (C=O) groups is 5. The predicted molar refractivity (Wildman–Crippen MR) is 183 cm³/mol. The molecule has 0 unspecified atom stereocenters. The minimum atomic E-state index is -0.873. The van der Waals surface area contributed by atoms with Gasteiger partial charge in [0.1, 0.15) is 5.78 Å². The molecule has 1 heterocycles. The van der Waals surface area contributed by atoms with E-state index in [1.807, 2.05) is 53.5 Å². The van der Waals surface area contributed by atoms with Crippen LogP contribution in [0.2, 0.25) is 0 Å². The Morgan fingerprint density at radius 1 is 0.979 bits per heavy atom. The van der Waals surface area contributed by atoms with Crippen LogP contribution in [0.3, 0.4) is 0 Å². The van der Waals surface area contributed by atoms with Gasteiger partial charge in [-0.05, 0) is 57.5 Å². The van der Waals surface area contributed by atoms with Crippen LogP contribution in [-0.4, -0.2) is 121 Å². The second-order valence-corrected chi connectivity index (χ2v) is 14.2. The zero-order valence-electron chi connectivity index (χ0n) is 32.0. The smallest absolute Gasteiger partial charge is 0.303 e. The maximum atomic E-state index is 14.3. The lowest BCUT2D eigenvalue weighted by molar-refractivity contribution is -0.149. The molecule has 0 aromatic heterocycles. The first-order valence-electron chi connectivity index (χ1n) is 18.1. The zero-order chi connectivity index (χ0) is 36.9. The van der Waals surface area contributed by atoms with Gasteiger partial charge < -0.3 is 24.4 Å². The molecular weight excluding hydrogens is 602 g/mol. The first kappa shape index (κ1) is 40.8. The molecule has 0 aromatic rings. The number of nitrogens with zero attached hydrogens (tertiary/aromatic N) is 3. The van der Waals surface area contributed by atoms with Crippen LogP contribution in [0.1, 0.15) is 102 Å². The Morgan fingerprint density at radius 3 is 2.11 bits per heavy atom. The van der Waals surface area contributed by atoms with Gasteiger partial charge in [-0.2, -0.15) is 0 Å². The van der Waals surface area contributed by atoms with Crippen LogP contribution in [-0.2, 0) is 33.4 Å². The summed E-state index contributed by atoms with van der Waals surface area (Å²) in [4.78, 5) is 70.7. The van der Waals surface area contributed by atoms with Crippen molar-refractivity contribution in [3.05, 3.63) is 0 Å². The van der Waals surface area contributed by atoms with E-state index >= 15 is 0 Å². The lowest BCUT2D eigenvalue weighted by Crippen LogP contribution is -2.54. The van der Waals surface area contributed by atoms with Gasteiger partial charge in [0.05, 0.1) is 36.8 Å². The summed E-state index contributed by atoms with van der Waals surface area (Å²) < 4.78 is 19.2. The Morgan fingerprint density at radius 2 is 1.62 bits per heavy atom. The fraction of sp³-hybridized carbons (Fsp3) is 0.861. The maximum absolute atomic E-state index is 14.3. The molecule has 11 heteroatoms. The van der Waals surface area contributed by atoms with E-state index in [2.05, 4.69) is 0 Å². The van der Waals surface area contributed by atoms with Gasteiger partial charge in [0, 0.05) is 53.9 Å². The number of likely N-dealkylation sites (N-methyl/N-ethyl adjacent to an activating group) is 2. The van der Waals surface area contributed by atoms with Gasteiger partial charge in [-0.3, -0.25) is 28.9 Å². The van der Waals surface area contributed by atoms with E-state index in [1.165, 1.54) is 7.11 Å². The largest absolute Gasteiger partial charge is 0.481 e. The van der Waals surface area contributed by atoms with Crippen molar-refractivity contribution < 1.29 is 39.9 Å². The van der Waals surface area contributed by atoms with Crippen molar-refractivity contribution in [3.8, 4) is 0 Å². The zero-order valence-corrected chi connectivity index (χ0v) is 31.0. The lowest BCUT2D eigenvalue weighted by atomic mass is 9.83. The Hall–Kier alpha value is -2.37. The molecule has 11 nitrogen and oxygen atoms in total. The van der Waals surface area contributed by atoms with Crippen LogP contribution in [0, 0.1) is 29.6 Å². The third kappa shape index (κ3) is 11.9. The summed E-state index contributed by atoms with van der Waals surface area (Å²) in [5, 5.41) is 9.05. The van der Waals surface area contributed by atoms with E-state index in [9.17, 15) is 24.0 Å². The minimum absolute atomic E-state index is 0.0141. The number of likely N-dealkylation sites (tertiary alicyclic amines) is 1. The van der Waals surface area contributed by atoms with Crippen LogP contribution in [0.15, 0.2) is 0 Å². The van der Waals surface area contributed by atoms with Crippen molar-refractivity contribution in [2.24, 2.45) is 29.6 Å². The second kappa shape index (κ2) is 20.2. The number of hydrogen-bond acceptors (Lipinski definition) is 8. The predicted octanol–water partition coefficient (Wildman–Crippen LogP) is 4.55. The van der Waals surface area contributed by atoms with Crippen LogP contribution in [0.25, 0.3) is 0 Å². The van der Waals surface area contributed by atoms with Gasteiger partial charge in [-0.1, -0.05) is 54.9 Å². The highest BCUT2D eigenvalue weighted by atomic mass is 16.5. The molecule has 47 heavy (non-hydrogen) atoms. The highest BCUT2D eigenvalue weighted by Gasteiger charge is 2.42. The first-order chi connectivity index (χ1) is 22.5. The fourth-order valence-electron chi connectivity index (χ4n) is 7.29. The molecule has 1 N–H and O–H groups in total. The number of carboxylic acid groups (broad SMARTS) is 1. The number of carboxylic acids is 1. The molecular formula is C36H65N3O8. The number of ketones is 2. The SMILES string of the molecule is [3H]CC(=O)[C@H](C)[C@@H](OC)[C@@H]1CCCN1C(=O)C[C@@H](OC)[C@H]([C@@H](C)CC)N(C)C(=O)[C@@H](CC(=O)[C@H](C(C)C)N(C)CCCC(=O)O)C(C)C. The van der Waals surface area contributed by atoms with Gasteiger partial charge in [0.25, 0.3) is 0 Å². The molecule has 0 bridgehead atoms. The number of methoxy groups -OCH3 is 2. The van der Waals surface area contributed by atoms with Gasteiger partial charge in [-0.15, -0.1) is 0 Å². The summed E-state index contributed by atoms with van der Waals surface area (Å²) in [5.74, 6) is -2.72. The van der Waals surface area contributed by atoms with Crippen molar-refractivity contribution in [2.75, 3.05) is 41.4 Å². The summed E-state index contributed by atoms with van der Waals surface area (Å²) >= 11 is 0. The van der Waals surface area contributed by atoms with Crippen LogP contribution < -0.4 is 0 Å². The average molecular weight is 670 g/mol. The van der Waals surface area contributed by atoms with Gasteiger partial charge >= 0.3 is 5.97 Å². The number of aliphatic carboxylic acids is 1. The van der Waals surface area contributed by atoms with Crippen molar-refractivity contribution in [3.63, 3.8) is 0 Å². The third-order valence-electron chi connectivity index (χ3n) is 10.2. The van der Waals surface area contributed by atoms with Gasteiger partial charge in [0.15, 0.2) is 5.78 Å². The molecule has 0 aromatic carbocycles. The topological polar surface area (TPSA) is 134 Å². The van der Waals surface area contributed by atoms with Crippen LogP contribution in [0.5, 0.6) is 0 Å². The molecule has 0 aliphatic carbocycles. The number of ether oxygens (including phenoxy) is 2. The quantitative estimate of drug-likeness (QED) is 0.176. The highest BCUT2D eigenvalue weighted by molar-refractivity contribution is 5.90. The molecule has 8 atom stereocenters. The molecule has 0 spiro atoms. The Kier molecular flexibility index (Phi) is 17.5. The molecule has 272 valence electrons. The van der Waals surface area contributed by atoms with E-state index < -0.39 is 42.1 Å². The van der Waals surface area contributed by atoms with Crippen molar-refractivity contribution in [2.45, 2.75) is 131 Å². The Balaban J connectivity index is 3.26. The molecule has 2 amide bonds. The number of rotatable bonds is 22. The fourth-order valence-corrected chi connectivity index (χ4v) is 7.29. The summed E-state index contributed by atoms with van der Waals surface area (Å²) in [5.41, 5.74) is 0. The summed E-state index contributed by atoms with van der Waals surface area (Å²) in [6.07, 6.45) is 1.64. The normalized spacial score (nSPS) is 20.0. The lowest BCUT2D eigenvalue weighted by Gasteiger charge is -2.41. The monoisotopic (exact) mass is 669 g/mol. The standard InChI is InChI=1S/C36H65N3O8/c1-13-24(6)34(30(46-11)21-31(42)39-19-14-16-28(39)35(47-12)25(7)26(8)40)38(10)36(45)27(22(2)3)20-29(41)33(23(4)5)37(9)18-15-17-32(43)44/h22-25,27-28,30,33-35H,13-21H2,1-12H3,(H,43,44)/t24-,25-,27-,28-,30+,33-,34-,35+/m0/s1/i8T. The third-order valence-corrected chi connectivity index (χ3v) is 10.2. The molecule has 1 saturated heterocycles. The number of amides is 2. The Bertz CT molecular complexity index is 1060. The number of Topliss-reactive ketones (excluding diaryl/α,β-unsaturated/α-hetero) is 2. The molecule has 1 aliphatic rings. The van der Waals surface area contributed by atoms with E-state index in [0.717, 1.165) is 12.8 Å². The number of hydrogen-bond donors (Lipinski definition) is 1. The van der Waals surface area contributed by atoms with Crippen LogP contribution in [0.4, 0.5) is 0 Å².